The summed E-state index contributed by atoms with van der Waals surface area (Å²) in [5.41, 5.74) is 0. The van der Waals surface area contributed by atoms with Gasteiger partial charge in [-0.2, -0.15) is 0 Å². The first-order chi connectivity index (χ1) is 6.84. The SMILES string of the molecule is O=C(NCCN1CCCC1)NC1CC1. The number of likely N-dealkylation sites (tertiary alicyclic amines) is 1. The minimum Gasteiger partial charge on any atom is -0.337 e. The molecule has 0 spiro atoms. The molecule has 0 radical (unpaired) electrons. The van der Waals surface area contributed by atoms with Crippen molar-refractivity contribution in [3.05, 3.63) is 0 Å². The van der Waals surface area contributed by atoms with Crippen LogP contribution in [0.5, 0.6) is 0 Å². The molecule has 1 aliphatic heterocycles. The van der Waals surface area contributed by atoms with Crippen LogP contribution in [0.1, 0.15) is 25.7 Å². The van der Waals surface area contributed by atoms with Crippen LogP contribution in [-0.2, 0) is 0 Å². The second-order valence-corrected chi connectivity index (χ2v) is 4.22. The predicted octanol–water partition coefficient (Wildman–Crippen LogP) is 0.544. The number of hydrogen-bond acceptors (Lipinski definition) is 2. The lowest BCUT2D eigenvalue weighted by molar-refractivity contribution is 0.238. The minimum atomic E-state index is 0.00620. The molecule has 1 saturated carbocycles. The van der Waals surface area contributed by atoms with Crippen molar-refractivity contribution in [3.8, 4) is 0 Å². The van der Waals surface area contributed by atoms with E-state index in [1.807, 2.05) is 0 Å². The summed E-state index contributed by atoms with van der Waals surface area (Å²) in [4.78, 5) is 13.6. The van der Waals surface area contributed by atoms with Crippen LogP contribution >= 0.6 is 0 Å². The second-order valence-electron chi connectivity index (χ2n) is 4.22. The molecule has 2 aliphatic rings. The van der Waals surface area contributed by atoms with E-state index in [0.29, 0.717) is 6.04 Å². The lowest BCUT2D eigenvalue weighted by Gasteiger charge is -2.14. The van der Waals surface area contributed by atoms with E-state index in [1.165, 1.54) is 25.9 Å². The summed E-state index contributed by atoms with van der Waals surface area (Å²) in [6, 6.07) is 0.466. The zero-order valence-electron chi connectivity index (χ0n) is 8.59. The van der Waals surface area contributed by atoms with Crippen molar-refractivity contribution in [2.45, 2.75) is 31.7 Å². The number of carbonyl (C=O) groups excluding carboxylic acids is 1. The van der Waals surface area contributed by atoms with Gasteiger partial charge in [0.05, 0.1) is 0 Å². The molecule has 0 bridgehead atoms. The van der Waals surface area contributed by atoms with E-state index in [1.54, 1.807) is 0 Å². The van der Waals surface area contributed by atoms with E-state index < -0.39 is 0 Å². The molecular weight excluding hydrogens is 178 g/mol. The number of nitrogens with one attached hydrogen (secondary N) is 2. The highest BCUT2D eigenvalue weighted by molar-refractivity contribution is 5.74. The van der Waals surface area contributed by atoms with Gasteiger partial charge < -0.3 is 15.5 Å². The van der Waals surface area contributed by atoms with Gasteiger partial charge in [-0.1, -0.05) is 0 Å². The van der Waals surface area contributed by atoms with Gasteiger partial charge in [0, 0.05) is 19.1 Å². The summed E-state index contributed by atoms with van der Waals surface area (Å²) in [6.07, 6.45) is 4.93. The fraction of sp³-hybridized carbons (Fsp3) is 0.900. The molecule has 2 fully saturated rings. The predicted molar refractivity (Wildman–Crippen MR) is 55.2 cm³/mol. The Kier molecular flexibility index (Phi) is 3.24. The first-order valence-corrected chi connectivity index (χ1v) is 5.61. The molecule has 0 aromatic heterocycles. The lowest BCUT2D eigenvalue weighted by atomic mass is 10.4. The zero-order valence-corrected chi connectivity index (χ0v) is 8.59. The van der Waals surface area contributed by atoms with Crippen LogP contribution in [0.2, 0.25) is 0 Å². The Morgan fingerprint density at radius 2 is 2.00 bits per heavy atom. The molecule has 0 atom stereocenters. The van der Waals surface area contributed by atoms with E-state index in [0.717, 1.165) is 25.9 Å². The van der Waals surface area contributed by atoms with E-state index in [-0.39, 0.29) is 6.03 Å². The Bertz CT molecular complexity index is 198. The number of carbonyl (C=O) groups is 1. The van der Waals surface area contributed by atoms with Crippen LogP contribution in [-0.4, -0.2) is 43.2 Å². The third-order valence-corrected chi connectivity index (χ3v) is 2.82. The molecule has 2 amide bonds. The Morgan fingerprint density at radius 3 is 2.64 bits per heavy atom. The van der Waals surface area contributed by atoms with Gasteiger partial charge in [-0.05, 0) is 38.8 Å². The quantitative estimate of drug-likeness (QED) is 0.691. The summed E-state index contributed by atoms with van der Waals surface area (Å²) < 4.78 is 0. The summed E-state index contributed by atoms with van der Waals surface area (Å²) in [5, 5.41) is 5.80. The lowest BCUT2D eigenvalue weighted by Crippen LogP contribution is -2.40. The highest BCUT2D eigenvalue weighted by Gasteiger charge is 2.22. The normalized spacial score (nSPS) is 22.3. The Hall–Kier alpha value is -0.770. The molecule has 4 nitrogen and oxygen atoms in total. The van der Waals surface area contributed by atoms with Gasteiger partial charge in [0.15, 0.2) is 0 Å². The van der Waals surface area contributed by atoms with Crippen LogP contribution in [0.15, 0.2) is 0 Å². The molecule has 0 aromatic carbocycles. The van der Waals surface area contributed by atoms with Crippen LogP contribution in [0.3, 0.4) is 0 Å². The van der Waals surface area contributed by atoms with Gasteiger partial charge in [-0.15, -0.1) is 0 Å². The highest BCUT2D eigenvalue weighted by atomic mass is 16.2. The van der Waals surface area contributed by atoms with E-state index >= 15 is 0 Å². The van der Waals surface area contributed by atoms with Gasteiger partial charge in [0.1, 0.15) is 0 Å². The Labute approximate surface area is 85.0 Å². The highest BCUT2D eigenvalue weighted by Crippen LogP contribution is 2.18. The average Bonchev–Trinajstić information content (AvgIpc) is 2.82. The smallest absolute Gasteiger partial charge is 0.315 e. The topological polar surface area (TPSA) is 44.4 Å². The van der Waals surface area contributed by atoms with Gasteiger partial charge in [0.25, 0.3) is 0 Å². The molecule has 80 valence electrons. The van der Waals surface area contributed by atoms with Gasteiger partial charge >= 0.3 is 6.03 Å². The van der Waals surface area contributed by atoms with Crippen LogP contribution in [0.4, 0.5) is 4.79 Å². The summed E-state index contributed by atoms with van der Waals surface area (Å²) in [6.45, 7) is 4.18. The maximum Gasteiger partial charge on any atom is 0.315 e. The fourth-order valence-corrected chi connectivity index (χ4v) is 1.80. The third kappa shape index (κ3) is 3.18. The van der Waals surface area contributed by atoms with Crippen LogP contribution in [0.25, 0.3) is 0 Å². The average molecular weight is 197 g/mol. The molecule has 1 aliphatic carbocycles. The molecular formula is C10H19N3O. The van der Waals surface area contributed by atoms with Gasteiger partial charge in [0.2, 0.25) is 0 Å². The first-order valence-electron chi connectivity index (χ1n) is 5.61. The molecule has 1 heterocycles. The number of amides is 2. The Morgan fingerprint density at radius 1 is 1.29 bits per heavy atom. The number of urea groups is 1. The van der Waals surface area contributed by atoms with E-state index in [9.17, 15) is 4.79 Å². The minimum absolute atomic E-state index is 0.00620. The van der Waals surface area contributed by atoms with Crippen molar-refractivity contribution in [3.63, 3.8) is 0 Å². The van der Waals surface area contributed by atoms with Crippen molar-refractivity contribution in [2.75, 3.05) is 26.2 Å². The number of nitrogens with zero attached hydrogens (tertiary/aromatic N) is 1. The van der Waals surface area contributed by atoms with Crippen molar-refractivity contribution < 1.29 is 4.79 Å². The monoisotopic (exact) mass is 197 g/mol. The molecule has 2 N–H and O–H groups in total. The molecule has 14 heavy (non-hydrogen) atoms. The maximum atomic E-state index is 11.2. The van der Waals surface area contributed by atoms with E-state index in [4.69, 9.17) is 0 Å². The van der Waals surface area contributed by atoms with Crippen molar-refractivity contribution >= 4 is 6.03 Å². The second kappa shape index (κ2) is 4.64. The first kappa shape index (κ1) is 9.77. The largest absolute Gasteiger partial charge is 0.337 e. The Balaban J connectivity index is 1.50. The molecule has 0 aromatic rings. The standard InChI is InChI=1S/C10H19N3O/c14-10(12-9-3-4-9)11-5-8-13-6-1-2-7-13/h9H,1-8H2,(H2,11,12,14). The number of rotatable bonds is 4. The fourth-order valence-electron chi connectivity index (χ4n) is 1.80. The number of hydrogen-bond donors (Lipinski definition) is 2. The van der Waals surface area contributed by atoms with Crippen molar-refractivity contribution in [1.82, 2.24) is 15.5 Å². The summed E-state index contributed by atoms with van der Waals surface area (Å²) in [7, 11) is 0. The molecule has 0 unspecified atom stereocenters. The third-order valence-electron chi connectivity index (χ3n) is 2.82. The maximum absolute atomic E-state index is 11.2. The van der Waals surface area contributed by atoms with Crippen molar-refractivity contribution in [2.24, 2.45) is 0 Å². The van der Waals surface area contributed by atoms with E-state index in [2.05, 4.69) is 15.5 Å². The van der Waals surface area contributed by atoms with Gasteiger partial charge in [-0.25, -0.2) is 4.79 Å². The summed E-state index contributed by atoms with van der Waals surface area (Å²) >= 11 is 0. The zero-order chi connectivity index (χ0) is 9.80. The van der Waals surface area contributed by atoms with Crippen LogP contribution in [0, 0.1) is 0 Å². The van der Waals surface area contributed by atoms with Gasteiger partial charge in [-0.3, -0.25) is 0 Å². The van der Waals surface area contributed by atoms with Crippen LogP contribution < -0.4 is 10.6 Å². The molecule has 2 rings (SSSR count). The summed E-state index contributed by atoms with van der Waals surface area (Å²) in [5.74, 6) is 0. The molecule has 1 saturated heterocycles. The van der Waals surface area contributed by atoms with Crippen molar-refractivity contribution in [1.29, 1.82) is 0 Å². The molecule has 4 heteroatoms.